The molecule has 5 nitrogen and oxygen atoms in total. The largest absolute Gasteiger partial charge is 0.497 e. The molecule has 3 aromatic carbocycles. The number of nitrogens with zero attached hydrogens (tertiary/aromatic N) is 1. The smallest absolute Gasteiger partial charge is 0.295 e. The van der Waals surface area contributed by atoms with E-state index >= 15 is 0 Å². The van der Waals surface area contributed by atoms with Gasteiger partial charge in [-0.2, -0.15) is 0 Å². The van der Waals surface area contributed by atoms with Crippen LogP contribution < -0.4 is 15.1 Å². The fraction of sp³-hybridized carbons (Fsp3) is 0.154. The lowest BCUT2D eigenvalue weighted by molar-refractivity contribution is 0.0971. The van der Waals surface area contributed by atoms with Gasteiger partial charge in [0.2, 0.25) is 5.76 Å². The quantitative estimate of drug-likeness (QED) is 0.398. The Morgan fingerprint density at radius 1 is 0.969 bits per heavy atom. The van der Waals surface area contributed by atoms with Gasteiger partial charge in [0, 0.05) is 10.7 Å². The molecule has 0 fully saturated rings. The van der Waals surface area contributed by atoms with Crippen molar-refractivity contribution in [2.75, 3.05) is 12.0 Å². The molecule has 0 aliphatic carbocycles. The summed E-state index contributed by atoms with van der Waals surface area (Å²) in [6.45, 7) is 3.89. The molecule has 5 rings (SSSR count). The Bertz CT molecular complexity index is 1460. The number of fused-ring (bicyclic) bond motifs is 2. The van der Waals surface area contributed by atoms with Crippen LogP contribution in [0, 0.1) is 13.8 Å². The Morgan fingerprint density at radius 3 is 2.47 bits per heavy atom. The second kappa shape index (κ2) is 7.53. The highest BCUT2D eigenvalue weighted by molar-refractivity contribution is 6.31. The molecule has 1 aliphatic rings. The predicted molar refractivity (Wildman–Crippen MR) is 125 cm³/mol. The highest BCUT2D eigenvalue weighted by atomic mass is 35.5. The summed E-state index contributed by atoms with van der Waals surface area (Å²) in [6, 6.07) is 17.3. The Kier molecular flexibility index (Phi) is 4.79. The van der Waals surface area contributed by atoms with E-state index in [2.05, 4.69) is 0 Å². The van der Waals surface area contributed by atoms with Crippen LogP contribution in [0.4, 0.5) is 5.69 Å². The van der Waals surface area contributed by atoms with Gasteiger partial charge in [-0.25, -0.2) is 0 Å². The Labute approximate surface area is 189 Å². The van der Waals surface area contributed by atoms with Gasteiger partial charge >= 0.3 is 0 Å². The van der Waals surface area contributed by atoms with Crippen LogP contribution in [0.15, 0.2) is 69.9 Å². The molecule has 1 atom stereocenters. The van der Waals surface area contributed by atoms with Crippen molar-refractivity contribution in [3.8, 4) is 5.75 Å². The summed E-state index contributed by atoms with van der Waals surface area (Å²) in [4.78, 5) is 28.9. The maximum absolute atomic E-state index is 13.7. The van der Waals surface area contributed by atoms with Crippen LogP contribution in [0.1, 0.15) is 38.9 Å². The number of aryl methyl sites for hydroxylation is 2. The zero-order chi connectivity index (χ0) is 22.6. The van der Waals surface area contributed by atoms with E-state index in [1.54, 1.807) is 36.3 Å². The number of carbonyl (C=O) groups is 1. The molecule has 1 aliphatic heterocycles. The first-order valence-corrected chi connectivity index (χ1v) is 10.6. The molecule has 6 heteroatoms. The normalized spacial score (nSPS) is 15.3. The van der Waals surface area contributed by atoms with E-state index < -0.39 is 6.04 Å². The van der Waals surface area contributed by atoms with Crippen molar-refractivity contribution in [2.24, 2.45) is 0 Å². The molecule has 160 valence electrons. The SMILES string of the molecule is COc1cccc(C2c3c(oc4cc(C)c(C)cc4c3=O)C(=O)N2c2cccc(Cl)c2)c1. The topological polar surface area (TPSA) is 59.8 Å². The zero-order valence-electron chi connectivity index (χ0n) is 17.8. The Balaban J connectivity index is 1.84. The minimum Gasteiger partial charge on any atom is -0.497 e. The van der Waals surface area contributed by atoms with Crippen LogP contribution in [0.25, 0.3) is 11.0 Å². The second-order valence-electron chi connectivity index (χ2n) is 7.94. The zero-order valence-corrected chi connectivity index (χ0v) is 18.6. The molecule has 0 N–H and O–H groups in total. The number of anilines is 1. The number of ether oxygens (including phenoxy) is 1. The first kappa shape index (κ1) is 20.3. The summed E-state index contributed by atoms with van der Waals surface area (Å²) in [5.74, 6) is 0.303. The van der Waals surface area contributed by atoms with E-state index in [1.165, 1.54) is 0 Å². The van der Waals surface area contributed by atoms with Gasteiger partial charge in [0.05, 0.1) is 24.1 Å². The van der Waals surface area contributed by atoms with Gasteiger partial charge < -0.3 is 9.15 Å². The summed E-state index contributed by atoms with van der Waals surface area (Å²) in [7, 11) is 1.58. The minimum absolute atomic E-state index is 0.0542. The number of benzene rings is 3. The summed E-state index contributed by atoms with van der Waals surface area (Å²) in [6.07, 6.45) is 0. The lowest BCUT2D eigenvalue weighted by Gasteiger charge is -2.25. The number of halogens is 1. The Hall–Kier alpha value is -3.57. The van der Waals surface area contributed by atoms with Gasteiger partial charge in [-0.15, -0.1) is 0 Å². The third kappa shape index (κ3) is 3.09. The molecule has 0 saturated carbocycles. The van der Waals surface area contributed by atoms with Gasteiger partial charge in [-0.05, 0) is 73.0 Å². The van der Waals surface area contributed by atoms with E-state index in [-0.39, 0.29) is 17.1 Å². The third-order valence-corrected chi connectivity index (χ3v) is 6.22. The van der Waals surface area contributed by atoms with Crippen molar-refractivity contribution in [3.05, 3.63) is 104 Å². The monoisotopic (exact) mass is 445 g/mol. The lowest BCUT2D eigenvalue weighted by Crippen LogP contribution is -2.29. The van der Waals surface area contributed by atoms with Gasteiger partial charge in [-0.1, -0.05) is 29.8 Å². The number of hydrogen-bond acceptors (Lipinski definition) is 4. The first-order valence-electron chi connectivity index (χ1n) is 10.2. The van der Waals surface area contributed by atoms with Crippen molar-refractivity contribution in [2.45, 2.75) is 19.9 Å². The summed E-state index contributed by atoms with van der Waals surface area (Å²) >= 11 is 6.23. The summed E-state index contributed by atoms with van der Waals surface area (Å²) in [5.41, 5.74) is 3.81. The van der Waals surface area contributed by atoms with Crippen LogP contribution in [-0.4, -0.2) is 13.0 Å². The predicted octanol–water partition coefficient (Wildman–Crippen LogP) is 5.82. The standard InChI is InChI=1S/C26H20ClNO4/c1-14-10-20-21(11-15(14)2)32-25-22(24(20)29)23(16-6-4-9-19(12-16)31-3)28(26(25)30)18-8-5-7-17(27)13-18/h4-13,23H,1-3H3. The Morgan fingerprint density at radius 2 is 1.72 bits per heavy atom. The highest BCUT2D eigenvalue weighted by Gasteiger charge is 2.43. The molecule has 0 saturated heterocycles. The van der Waals surface area contributed by atoms with Gasteiger partial charge in [0.25, 0.3) is 5.91 Å². The van der Waals surface area contributed by atoms with E-state index in [0.717, 1.165) is 16.7 Å². The van der Waals surface area contributed by atoms with Crippen LogP contribution in [0.5, 0.6) is 5.75 Å². The molecule has 1 amide bonds. The average molecular weight is 446 g/mol. The molecule has 1 unspecified atom stereocenters. The highest BCUT2D eigenvalue weighted by Crippen LogP contribution is 2.42. The summed E-state index contributed by atoms with van der Waals surface area (Å²) in [5, 5.41) is 0.951. The van der Waals surface area contributed by atoms with Crippen LogP contribution in [0.2, 0.25) is 5.02 Å². The molecule has 32 heavy (non-hydrogen) atoms. The van der Waals surface area contributed by atoms with Crippen LogP contribution in [0.3, 0.4) is 0 Å². The maximum Gasteiger partial charge on any atom is 0.295 e. The number of hydrogen-bond donors (Lipinski definition) is 0. The number of rotatable bonds is 3. The van der Waals surface area contributed by atoms with Crippen molar-refractivity contribution in [1.29, 1.82) is 0 Å². The van der Waals surface area contributed by atoms with Gasteiger partial charge in [-0.3, -0.25) is 14.5 Å². The number of carbonyl (C=O) groups excluding carboxylic acids is 1. The summed E-state index contributed by atoms with van der Waals surface area (Å²) < 4.78 is 11.5. The molecule has 0 radical (unpaired) electrons. The van der Waals surface area contributed by atoms with E-state index in [9.17, 15) is 9.59 Å². The molecular weight excluding hydrogens is 426 g/mol. The first-order chi connectivity index (χ1) is 15.4. The molecule has 4 aromatic rings. The minimum atomic E-state index is -0.673. The van der Waals surface area contributed by atoms with Crippen molar-refractivity contribution in [1.82, 2.24) is 0 Å². The van der Waals surface area contributed by atoms with E-state index in [0.29, 0.717) is 33.0 Å². The van der Waals surface area contributed by atoms with Crippen molar-refractivity contribution in [3.63, 3.8) is 0 Å². The molecule has 2 heterocycles. The molecule has 0 spiro atoms. The lowest BCUT2D eigenvalue weighted by atomic mass is 9.97. The van der Waals surface area contributed by atoms with Crippen molar-refractivity contribution >= 4 is 34.2 Å². The number of amides is 1. The molecular formula is C26H20ClNO4. The third-order valence-electron chi connectivity index (χ3n) is 5.98. The van der Waals surface area contributed by atoms with Gasteiger partial charge in [0.15, 0.2) is 5.43 Å². The molecule has 1 aromatic heterocycles. The maximum atomic E-state index is 13.7. The molecule has 0 bridgehead atoms. The fourth-order valence-corrected chi connectivity index (χ4v) is 4.43. The van der Waals surface area contributed by atoms with Gasteiger partial charge in [0.1, 0.15) is 11.3 Å². The average Bonchev–Trinajstić information content (AvgIpc) is 3.08. The van der Waals surface area contributed by atoms with Crippen molar-refractivity contribution < 1.29 is 13.9 Å². The number of methoxy groups -OCH3 is 1. The van der Waals surface area contributed by atoms with E-state index in [1.807, 2.05) is 50.2 Å². The van der Waals surface area contributed by atoms with Crippen LogP contribution in [-0.2, 0) is 0 Å². The second-order valence-corrected chi connectivity index (χ2v) is 8.38. The van der Waals surface area contributed by atoms with E-state index in [4.69, 9.17) is 20.8 Å². The fourth-order valence-electron chi connectivity index (χ4n) is 4.25. The van der Waals surface area contributed by atoms with Crippen LogP contribution >= 0.6 is 11.6 Å².